The van der Waals surface area contributed by atoms with Crippen LogP contribution in [0.15, 0.2) is 21.4 Å². The molecule has 1 saturated carbocycles. The van der Waals surface area contributed by atoms with E-state index in [1.807, 2.05) is 19.9 Å². The summed E-state index contributed by atoms with van der Waals surface area (Å²) in [4.78, 5) is 12.1. The van der Waals surface area contributed by atoms with Crippen molar-refractivity contribution in [2.24, 2.45) is 17.3 Å². The Bertz CT molecular complexity index is 502. The molecular formula is C15H16Br2F2O2. The summed E-state index contributed by atoms with van der Waals surface area (Å²) in [5.74, 6) is 0.308. The van der Waals surface area contributed by atoms with Gasteiger partial charge in [-0.3, -0.25) is 9.18 Å². The van der Waals surface area contributed by atoms with Gasteiger partial charge in [0.2, 0.25) is 6.10 Å². The highest BCUT2D eigenvalue weighted by atomic mass is 79.9. The van der Waals surface area contributed by atoms with Crippen molar-refractivity contribution in [2.75, 3.05) is 6.67 Å². The Morgan fingerprint density at radius 2 is 2.14 bits per heavy atom. The zero-order valence-corrected chi connectivity index (χ0v) is 14.9. The van der Waals surface area contributed by atoms with Gasteiger partial charge in [-0.2, -0.15) is 0 Å². The molecule has 2 nitrogen and oxygen atoms in total. The van der Waals surface area contributed by atoms with Crippen molar-refractivity contribution < 1.29 is 18.3 Å². The zero-order valence-electron chi connectivity index (χ0n) is 11.7. The minimum atomic E-state index is -1.39. The summed E-state index contributed by atoms with van der Waals surface area (Å²) in [5.41, 5.74) is -0.276. The molecule has 0 heterocycles. The number of terminal acetylenes is 1. The van der Waals surface area contributed by atoms with Gasteiger partial charge in [-0.15, -0.1) is 6.42 Å². The lowest BCUT2D eigenvalue weighted by Crippen LogP contribution is -2.20. The van der Waals surface area contributed by atoms with Gasteiger partial charge in [0.05, 0.1) is 16.0 Å². The first kappa shape index (κ1) is 18.4. The van der Waals surface area contributed by atoms with Crippen LogP contribution in [-0.4, -0.2) is 18.7 Å². The van der Waals surface area contributed by atoms with Gasteiger partial charge in [-0.25, -0.2) is 4.39 Å². The number of halogens is 4. The van der Waals surface area contributed by atoms with E-state index in [1.54, 1.807) is 0 Å². The van der Waals surface area contributed by atoms with Crippen molar-refractivity contribution >= 4 is 37.8 Å². The third kappa shape index (κ3) is 4.65. The molecule has 0 aliphatic heterocycles. The molecule has 3 unspecified atom stereocenters. The Labute approximate surface area is 140 Å². The lowest BCUT2D eigenvalue weighted by atomic mass is 10.1. The average molecular weight is 426 g/mol. The van der Waals surface area contributed by atoms with Crippen LogP contribution in [0, 0.1) is 29.6 Å². The monoisotopic (exact) mass is 424 g/mol. The molecule has 3 atom stereocenters. The van der Waals surface area contributed by atoms with E-state index in [9.17, 15) is 13.6 Å². The molecule has 0 aromatic heterocycles. The van der Waals surface area contributed by atoms with Gasteiger partial charge >= 0.3 is 5.97 Å². The van der Waals surface area contributed by atoms with E-state index in [4.69, 9.17) is 11.2 Å². The molecule has 0 spiro atoms. The Hall–Kier alpha value is -0.670. The molecule has 0 N–H and O–H groups in total. The third-order valence-electron chi connectivity index (χ3n) is 3.55. The van der Waals surface area contributed by atoms with Crippen LogP contribution >= 0.6 is 31.9 Å². The van der Waals surface area contributed by atoms with Crippen LogP contribution < -0.4 is 0 Å². The second-order valence-electron chi connectivity index (χ2n) is 5.33. The van der Waals surface area contributed by atoms with Crippen LogP contribution in [0.3, 0.4) is 0 Å². The number of carbonyl (C=O) groups excluding carboxylic acids is 1. The van der Waals surface area contributed by atoms with Crippen LogP contribution in [0.25, 0.3) is 0 Å². The standard InChI is InChI=1S/C15H16Br2F2O2/c1-4-11(10(19)6-5-7-18)21-14(20)13-9(8-12(16)17)15(13,2)3/h1,6,8-9,11,13H,5,7H2,2-3H3/b10-6-. The van der Waals surface area contributed by atoms with E-state index in [0.717, 1.165) is 9.47 Å². The van der Waals surface area contributed by atoms with Crippen molar-refractivity contribution in [2.45, 2.75) is 26.4 Å². The number of alkyl halides is 1. The first-order valence-corrected chi connectivity index (χ1v) is 7.95. The predicted molar refractivity (Wildman–Crippen MR) is 85.2 cm³/mol. The molecule has 116 valence electrons. The van der Waals surface area contributed by atoms with Crippen LogP contribution in [0.4, 0.5) is 8.78 Å². The highest BCUT2D eigenvalue weighted by Gasteiger charge is 2.61. The second kappa shape index (κ2) is 7.55. The topological polar surface area (TPSA) is 26.3 Å². The van der Waals surface area contributed by atoms with Gasteiger partial charge in [-0.1, -0.05) is 25.8 Å². The highest BCUT2D eigenvalue weighted by Crippen LogP contribution is 2.60. The number of esters is 1. The smallest absolute Gasteiger partial charge is 0.311 e. The first-order chi connectivity index (χ1) is 9.75. The van der Waals surface area contributed by atoms with Crippen molar-refractivity contribution in [1.82, 2.24) is 0 Å². The molecule has 0 bridgehead atoms. The van der Waals surface area contributed by atoms with Crippen LogP contribution in [0.1, 0.15) is 20.3 Å². The average Bonchev–Trinajstić information content (AvgIpc) is 2.93. The summed E-state index contributed by atoms with van der Waals surface area (Å²) in [6.45, 7) is 3.15. The van der Waals surface area contributed by atoms with E-state index in [-0.39, 0.29) is 23.7 Å². The maximum absolute atomic E-state index is 13.6. The van der Waals surface area contributed by atoms with Crippen molar-refractivity contribution in [3.8, 4) is 12.3 Å². The lowest BCUT2D eigenvalue weighted by Gasteiger charge is -2.11. The van der Waals surface area contributed by atoms with Crippen molar-refractivity contribution in [3.05, 3.63) is 21.4 Å². The van der Waals surface area contributed by atoms with Gasteiger partial charge < -0.3 is 4.74 Å². The van der Waals surface area contributed by atoms with Crippen molar-refractivity contribution in [3.63, 3.8) is 0 Å². The van der Waals surface area contributed by atoms with Gasteiger partial charge in [0.1, 0.15) is 5.83 Å². The Morgan fingerprint density at radius 3 is 2.62 bits per heavy atom. The molecule has 1 aliphatic rings. The first-order valence-electron chi connectivity index (χ1n) is 6.36. The Kier molecular flexibility index (Phi) is 6.61. The summed E-state index contributed by atoms with van der Waals surface area (Å²) in [7, 11) is 0. The van der Waals surface area contributed by atoms with Crippen LogP contribution in [-0.2, 0) is 9.53 Å². The fourth-order valence-corrected chi connectivity index (χ4v) is 2.80. The van der Waals surface area contributed by atoms with Gasteiger partial charge in [0.15, 0.2) is 0 Å². The SMILES string of the molecule is C#CC(OC(=O)C1C(C=C(Br)Br)C1(C)C)/C(F)=C/CCF. The molecule has 0 amide bonds. The van der Waals surface area contributed by atoms with Crippen LogP contribution in [0.2, 0.25) is 0 Å². The Balaban J connectivity index is 2.73. The molecule has 0 saturated heterocycles. The summed E-state index contributed by atoms with van der Waals surface area (Å²) in [6, 6.07) is 0. The maximum atomic E-state index is 13.6. The summed E-state index contributed by atoms with van der Waals surface area (Å²) < 4.78 is 31.4. The van der Waals surface area contributed by atoms with E-state index >= 15 is 0 Å². The fraction of sp³-hybridized carbons (Fsp3) is 0.533. The molecule has 1 aliphatic carbocycles. The van der Waals surface area contributed by atoms with E-state index in [1.165, 1.54) is 0 Å². The van der Waals surface area contributed by atoms with Crippen molar-refractivity contribution in [1.29, 1.82) is 0 Å². The normalized spacial score (nSPS) is 24.7. The molecule has 6 heteroatoms. The summed E-state index contributed by atoms with van der Waals surface area (Å²) in [6.07, 6.45) is 6.53. The predicted octanol–water partition coefficient (Wildman–Crippen LogP) is 4.65. The third-order valence-corrected chi connectivity index (χ3v) is 4.08. The second-order valence-corrected chi connectivity index (χ2v) is 8.10. The molecule has 0 aromatic rings. The van der Waals surface area contributed by atoms with Crippen LogP contribution in [0.5, 0.6) is 0 Å². The number of ether oxygens (including phenoxy) is 1. The largest absolute Gasteiger partial charge is 0.441 e. The minimum absolute atomic E-state index is 0.0185. The van der Waals surface area contributed by atoms with Gasteiger partial charge in [0.25, 0.3) is 0 Å². The summed E-state index contributed by atoms with van der Waals surface area (Å²) in [5, 5.41) is 0. The fourth-order valence-electron chi connectivity index (χ4n) is 2.23. The van der Waals surface area contributed by atoms with Gasteiger partial charge in [-0.05, 0) is 55.7 Å². The highest BCUT2D eigenvalue weighted by molar-refractivity contribution is 9.28. The molecule has 0 aromatic carbocycles. The molecule has 0 radical (unpaired) electrons. The minimum Gasteiger partial charge on any atom is -0.441 e. The quantitative estimate of drug-likeness (QED) is 0.457. The van der Waals surface area contributed by atoms with E-state index in [2.05, 4.69) is 37.8 Å². The maximum Gasteiger partial charge on any atom is 0.311 e. The number of rotatable bonds is 6. The zero-order chi connectivity index (χ0) is 16.2. The summed E-state index contributed by atoms with van der Waals surface area (Å²) >= 11 is 6.50. The molecule has 21 heavy (non-hydrogen) atoms. The van der Waals surface area contributed by atoms with E-state index < -0.39 is 24.6 Å². The number of carbonyl (C=O) groups is 1. The van der Waals surface area contributed by atoms with Gasteiger partial charge in [0, 0.05) is 0 Å². The molecular weight excluding hydrogens is 410 g/mol. The lowest BCUT2D eigenvalue weighted by molar-refractivity contribution is -0.148. The Morgan fingerprint density at radius 1 is 1.52 bits per heavy atom. The number of allylic oxidation sites excluding steroid dienone is 2. The number of hydrogen-bond donors (Lipinski definition) is 0. The molecule has 1 fully saturated rings. The van der Waals surface area contributed by atoms with E-state index in [0.29, 0.717) is 0 Å². The molecule has 1 rings (SSSR count). The number of hydrogen-bond acceptors (Lipinski definition) is 2.